The van der Waals surface area contributed by atoms with Crippen molar-refractivity contribution in [3.63, 3.8) is 0 Å². The summed E-state index contributed by atoms with van der Waals surface area (Å²) in [6.07, 6.45) is 0.889. The van der Waals surface area contributed by atoms with E-state index in [1.165, 1.54) is 6.07 Å². The van der Waals surface area contributed by atoms with Gasteiger partial charge in [-0.05, 0) is 18.1 Å². The monoisotopic (exact) mass is 219 g/mol. The minimum atomic E-state index is -1.52. The Morgan fingerprint density at radius 1 is 1.25 bits per heavy atom. The molecule has 0 saturated carbocycles. The molecule has 1 amide bonds. The van der Waals surface area contributed by atoms with E-state index in [0.29, 0.717) is 18.5 Å². The first-order valence-electron chi connectivity index (χ1n) is 4.79. The van der Waals surface area contributed by atoms with Crippen LogP contribution in [-0.2, 0) is 16.0 Å². The summed E-state index contributed by atoms with van der Waals surface area (Å²) in [5.74, 6) is -2.72. The molecule has 2 N–H and O–H groups in total. The first-order chi connectivity index (χ1) is 7.59. The van der Waals surface area contributed by atoms with E-state index in [1.54, 1.807) is 12.1 Å². The third kappa shape index (κ3) is 1.67. The molecule has 16 heavy (non-hydrogen) atoms. The number of carboxylic acids is 1. The van der Waals surface area contributed by atoms with E-state index in [1.807, 2.05) is 0 Å². The third-order valence-electron chi connectivity index (χ3n) is 2.48. The lowest BCUT2D eigenvalue weighted by molar-refractivity contribution is -0.131. The number of fused-ring (bicyclic) bond motifs is 1. The van der Waals surface area contributed by atoms with Crippen LogP contribution in [0.25, 0.3) is 0 Å². The Kier molecular flexibility index (Phi) is 2.44. The number of rotatable bonds is 2. The highest BCUT2D eigenvalue weighted by atomic mass is 16.4. The van der Waals surface area contributed by atoms with Crippen LogP contribution >= 0.6 is 0 Å². The minimum Gasteiger partial charge on any atom is -0.475 e. The molecule has 1 aromatic rings. The van der Waals surface area contributed by atoms with Gasteiger partial charge in [0.25, 0.3) is 5.78 Å². The predicted octanol–water partition coefficient (Wildman–Crippen LogP) is 0.839. The van der Waals surface area contributed by atoms with Crippen molar-refractivity contribution in [1.29, 1.82) is 0 Å². The van der Waals surface area contributed by atoms with Crippen molar-refractivity contribution in [1.82, 2.24) is 0 Å². The molecule has 0 spiro atoms. The number of carboxylic acid groups (broad SMARTS) is 1. The smallest absolute Gasteiger partial charge is 0.377 e. The number of carbonyl (C=O) groups is 3. The topological polar surface area (TPSA) is 83.5 Å². The summed E-state index contributed by atoms with van der Waals surface area (Å²) in [7, 11) is 0. The minimum absolute atomic E-state index is 0.0399. The summed E-state index contributed by atoms with van der Waals surface area (Å²) >= 11 is 0. The molecular formula is C11H9NO4. The van der Waals surface area contributed by atoms with Crippen LogP contribution in [0.5, 0.6) is 0 Å². The molecule has 2 rings (SSSR count). The Hall–Kier alpha value is -2.17. The second kappa shape index (κ2) is 3.77. The van der Waals surface area contributed by atoms with Crippen molar-refractivity contribution in [3.8, 4) is 0 Å². The Bertz CT molecular complexity index is 493. The molecule has 0 saturated heterocycles. The lowest BCUT2D eigenvalue weighted by Crippen LogP contribution is -2.23. The Balaban J connectivity index is 2.51. The van der Waals surface area contributed by atoms with Crippen LogP contribution in [0.2, 0.25) is 0 Å². The summed E-state index contributed by atoms with van der Waals surface area (Å²) in [6, 6.07) is 4.79. The molecule has 1 aromatic carbocycles. The fraction of sp³-hybridized carbons (Fsp3) is 0.182. The summed E-state index contributed by atoms with van der Waals surface area (Å²) in [6.45, 7) is 0. The number of amides is 1. The van der Waals surface area contributed by atoms with E-state index >= 15 is 0 Å². The number of ketones is 1. The average Bonchev–Trinajstić information content (AvgIpc) is 2.27. The van der Waals surface area contributed by atoms with Crippen molar-refractivity contribution < 1.29 is 19.5 Å². The summed E-state index contributed by atoms with van der Waals surface area (Å²) in [5, 5.41) is 11.2. The number of carbonyl (C=O) groups excluding carboxylic acids is 2. The molecule has 82 valence electrons. The standard InChI is InChI=1S/C11H9NO4/c13-8-5-4-6-2-1-3-7(9(6)12-8)10(14)11(15)16/h1-3H,4-5H2,(H,12,13)(H,15,16). The van der Waals surface area contributed by atoms with E-state index in [9.17, 15) is 14.4 Å². The second-order valence-corrected chi connectivity index (χ2v) is 3.52. The fourth-order valence-electron chi connectivity index (χ4n) is 1.71. The van der Waals surface area contributed by atoms with E-state index in [4.69, 9.17) is 5.11 Å². The maximum atomic E-state index is 11.4. The van der Waals surface area contributed by atoms with Crippen LogP contribution in [0.15, 0.2) is 18.2 Å². The van der Waals surface area contributed by atoms with E-state index in [0.717, 1.165) is 5.56 Å². The third-order valence-corrected chi connectivity index (χ3v) is 2.48. The number of hydrogen-bond acceptors (Lipinski definition) is 3. The number of aliphatic carboxylic acids is 1. The first kappa shape index (κ1) is 10.4. The molecule has 0 bridgehead atoms. The number of para-hydroxylation sites is 1. The van der Waals surface area contributed by atoms with Crippen molar-refractivity contribution in [2.24, 2.45) is 0 Å². The quantitative estimate of drug-likeness (QED) is 0.570. The zero-order valence-electron chi connectivity index (χ0n) is 8.32. The Morgan fingerprint density at radius 3 is 2.69 bits per heavy atom. The Labute approximate surface area is 91.1 Å². The number of anilines is 1. The zero-order valence-corrected chi connectivity index (χ0v) is 8.32. The number of nitrogens with one attached hydrogen (secondary N) is 1. The molecule has 0 aromatic heterocycles. The number of aryl methyl sites for hydroxylation is 1. The van der Waals surface area contributed by atoms with E-state index in [-0.39, 0.29) is 11.5 Å². The van der Waals surface area contributed by atoms with Crippen LogP contribution in [0, 0.1) is 0 Å². The van der Waals surface area contributed by atoms with E-state index in [2.05, 4.69) is 5.32 Å². The van der Waals surface area contributed by atoms with Gasteiger partial charge in [0.2, 0.25) is 5.91 Å². The summed E-state index contributed by atoms with van der Waals surface area (Å²) in [4.78, 5) is 33.2. The number of Topliss-reactive ketones (excluding diaryl/α,β-unsaturated/α-hetero) is 1. The van der Waals surface area contributed by atoms with E-state index < -0.39 is 11.8 Å². The van der Waals surface area contributed by atoms with Gasteiger partial charge in [0.15, 0.2) is 0 Å². The van der Waals surface area contributed by atoms with Gasteiger partial charge in [0.05, 0.1) is 11.3 Å². The first-order valence-corrected chi connectivity index (χ1v) is 4.79. The molecular weight excluding hydrogens is 210 g/mol. The lowest BCUT2D eigenvalue weighted by atomic mass is 9.97. The zero-order chi connectivity index (χ0) is 11.7. The van der Waals surface area contributed by atoms with Gasteiger partial charge in [-0.25, -0.2) is 4.79 Å². The van der Waals surface area contributed by atoms with Crippen LogP contribution in [0.4, 0.5) is 5.69 Å². The molecule has 1 heterocycles. The lowest BCUT2D eigenvalue weighted by Gasteiger charge is -2.18. The molecule has 0 aliphatic carbocycles. The van der Waals surface area contributed by atoms with Gasteiger partial charge in [0.1, 0.15) is 0 Å². The van der Waals surface area contributed by atoms with Gasteiger partial charge in [-0.3, -0.25) is 9.59 Å². The fourth-order valence-corrected chi connectivity index (χ4v) is 1.71. The normalized spacial score (nSPS) is 13.9. The van der Waals surface area contributed by atoms with Crippen LogP contribution in [0.3, 0.4) is 0 Å². The van der Waals surface area contributed by atoms with Gasteiger partial charge in [-0.15, -0.1) is 0 Å². The molecule has 0 unspecified atom stereocenters. The molecule has 0 fully saturated rings. The van der Waals surface area contributed by atoms with Crippen LogP contribution in [0.1, 0.15) is 22.3 Å². The maximum absolute atomic E-state index is 11.4. The largest absolute Gasteiger partial charge is 0.475 e. The number of benzene rings is 1. The van der Waals surface area contributed by atoms with Crippen molar-refractivity contribution in [2.75, 3.05) is 5.32 Å². The molecule has 0 radical (unpaired) electrons. The van der Waals surface area contributed by atoms with Gasteiger partial charge >= 0.3 is 5.97 Å². The molecule has 5 nitrogen and oxygen atoms in total. The SMILES string of the molecule is O=C1CCc2cccc(C(=O)C(=O)O)c2N1. The molecule has 0 atom stereocenters. The molecule has 1 aliphatic rings. The van der Waals surface area contributed by atoms with Gasteiger partial charge < -0.3 is 10.4 Å². The van der Waals surface area contributed by atoms with Crippen molar-refractivity contribution >= 4 is 23.3 Å². The van der Waals surface area contributed by atoms with Crippen LogP contribution in [-0.4, -0.2) is 22.8 Å². The Morgan fingerprint density at radius 2 is 2.00 bits per heavy atom. The average molecular weight is 219 g/mol. The van der Waals surface area contributed by atoms with Gasteiger partial charge in [0, 0.05) is 6.42 Å². The molecule has 1 aliphatic heterocycles. The highest BCUT2D eigenvalue weighted by Gasteiger charge is 2.24. The second-order valence-electron chi connectivity index (χ2n) is 3.52. The highest BCUT2D eigenvalue weighted by molar-refractivity contribution is 6.41. The van der Waals surface area contributed by atoms with Crippen molar-refractivity contribution in [2.45, 2.75) is 12.8 Å². The maximum Gasteiger partial charge on any atom is 0.377 e. The van der Waals surface area contributed by atoms with Crippen molar-refractivity contribution in [3.05, 3.63) is 29.3 Å². The highest BCUT2D eigenvalue weighted by Crippen LogP contribution is 2.26. The summed E-state index contributed by atoms with van der Waals surface area (Å²) in [5.41, 5.74) is 1.18. The molecule has 5 heteroatoms. The van der Waals surface area contributed by atoms with Gasteiger partial charge in [-0.2, -0.15) is 0 Å². The number of hydrogen-bond donors (Lipinski definition) is 2. The van der Waals surface area contributed by atoms with Gasteiger partial charge in [-0.1, -0.05) is 12.1 Å². The summed E-state index contributed by atoms with van der Waals surface area (Å²) < 4.78 is 0. The van der Waals surface area contributed by atoms with Crippen LogP contribution < -0.4 is 5.32 Å². The predicted molar refractivity (Wildman–Crippen MR) is 55.4 cm³/mol.